The Morgan fingerprint density at radius 1 is 0.812 bits per heavy atom. The quantitative estimate of drug-likeness (QED) is 0.476. The summed E-state index contributed by atoms with van der Waals surface area (Å²) in [4.78, 5) is 0. The van der Waals surface area contributed by atoms with Gasteiger partial charge < -0.3 is 0 Å². The van der Waals surface area contributed by atoms with Crippen LogP contribution in [-0.4, -0.2) is 0 Å². The first kappa shape index (κ1) is 9.68. The lowest BCUT2D eigenvalue weighted by Crippen LogP contribution is -1.80. The van der Waals surface area contributed by atoms with Gasteiger partial charge in [-0.2, -0.15) is 0 Å². The third-order valence-electron chi connectivity index (χ3n) is 3.01. The van der Waals surface area contributed by atoms with Gasteiger partial charge in [-0.1, -0.05) is 48.0 Å². The van der Waals surface area contributed by atoms with E-state index in [1.165, 1.54) is 16.2 Å². The van der Waals surface area contributed by atoms with Crippen LogP contribution in [0.5, 0.6) is 0 Å². The van der Waals surface area contributed by atoms with Gasteiger partial charge in [-0.3, -0.25) is 0 Å². The second kappa shape index (κ2) is 3.50. The Bertz CT molecular complexity index is 683. The van der Waals surface area contributed by atoms with Crippen LogP contribution in [0.3, 0.4) is 0 Å². The lowest BCUT2D eigenvalue weighted by molar-refractivity contribution is 1.51. The molecule has 0 spiro atoms. The van der Waals surface area contributed by atoms with Gasteiger partial charge in [-0.25, -0.2) is 0 Å². The predicted molar refractivity (Wildman–Crippen MR) is 71.2 cm³/mol. The number of aryl methyl sites for hydroxylation is 1. The van der Waals surface area contributed by atoms with E-state index in [1.807, 2.05) is 6.92 Å². The molecule has 0 saturated heterocycles. The number of rotatable bonds is 0. The molecule has 78 valence electrons. The van der Waals surface area contributed by atoms with Crippen molar-refractivity contribution < 1.29 is 0 Å². The molecule has 1 heteroatoms. The lowest BCUT2D eigenvalue weighted by Gasteiger charge is -2.06. The number of benzene rings is 3. The van der Waals surface area contributed by atoms with Crippen LogP contribution < -0.4 is 0 Å². The second-order valence-corrected chi connectivity index (χ2v) is 4.49. The molecule has 16 heavy (non-hydrogen) atoms. The Labute approximate surface area is 99.5 Å². The van der Waals surface area contributed by atoms with E-state index in [2.05, 4.69) is 48.5 Å². The predicted octanol–water partition coefficient (Wildman–Crippen LogP) is 4.95. The van der Waals surface area contributed by atoms with E-state index in [1.54, 1.807) is 0 Å². The van der Waals surface area contributed by atoms with Crippen molar-refractivity contribution in [1.82, 2.24) is 0 Å². The van der Waals surface area contributed by atoms with Crippen molar-refractivity contribution in [3.63, 3.8) is 0 Å². The molecule has 3 aromatic carbocycles. The minimum atomic E-state index is 0.864. The minimum Gasteiger partial charge on any atom is -0.0834 e. The van der Waals surface area contributed by atoms with Gasteiger partial charge >= 0.3 is 0 Å². The van der Waals surface area contributed by atoms with Gasteiger partial charge in [0, 0.05) is 5.39 Å². The molecule has 0 aliphatic heterocycles. The van der Waals surface area contributed by atoms with Gasteiger partial charge in [0.15, 0.2) is 0 Å². The smallest absolute Gasteiger partial charge is 0.0513 e. The number of fused-ring (bicyclic) bond motifs is 2. The number of hydrogen-bond acceptors (Lipinski definition) is 0. The SMILES string of the molecule is Cc1ccc2cc3ccccc3cc2c1Cl. The van der Waals surface area contributed by atoms with E-state index >= 15 is 0 Å². The molecule has 3 rings (SSSR count). The zero-order chi connectivity index (χ0) is 11.1. The van der Waals surface area contributed by atoms with Gasteiger partial charge in [0.2, 0.25) is 0 Å². The largest absolute Gasteiger partial charge is 0.0834 e. The van der Waals surface area contributed by atoms with Gasteiger partial charge in [-0.15, -0.1) is 0 Å². The molecule has 0 saturated carbocycles. The van der Waals surface area contributed by atoms with Crippen molar-refractivity contribution in [3.05, 3.63) is 59.1 Å². The number of hydrogen-bond donors (Lipinski definition) is 0. The fraction of sp³-hybridized carbons (Fsp3) is 0.0667. The summed E-state index contributed by atoms with van der Waals surface area (Å²) in [5, 5.41) is 5.70. The third-order valence-corrected chi connectivity index (χ3v) is 3.52. The maximum absolute atomic E-state index is 6.33. The first-order valence-corrected chi connectivity index (χ1v) is 5.71. The average Bonchev–Trinajstić information content (AvgIpc) is 2.32. The molecule has 0 unspecified atom stereocenters. The Hall–Kier alpha value is -1.53. The highest BCUT2D eigenvalue weighted by Gasteiger charge is 2.03. The highest BCUT2D eigenvalue weighted by atomic mass is 35.5. The van der Waals surface area contributed by atoms with Crippen LogP contribution in [0.2, 0.25) is 5.02 Å². The van der Waals surface area contributed by atoms with Crippen LogP contribution in [-0.2, 0) is 0 Å². The maximum Gasteiger partial charge on any atom is 0.0513 e. The molecule has 0 bridgehead atoms. The fourth-order valence-corrected chi connectivity index (χ4v) is 2.31. The molecule has 0 fully saturated rings. The summed E-state index contributed by atoms with van der Waals surface area (Å²) in [6.07, 6.45) is 0. The normalized spacial score (nSPS) is 11.1. The minimum absolute atomic E-state index is 0.864. The lowest BCUT2D eigenvalue weighted by atomic mass is 10.0. The van der Waals surface area contributed by atoms with Crippen LogP contribution >= 0.6 is 11.6 Å². The molecule has 0 amide bonds. The van der Waals surface area contributed by atoms with E-state index in [0.29, 0.717) is 0 Å². The zero-order valence-corrected chi connectivity index (χ0v) is 9.75. The van der Waals surface area contributed by atoms with Crippen molar-refractivity contribution in [2.45, 2.75) is 6.92 Å². The van der Waals surface area contributed by atoms with Crippen LogP contribution in [0.15, 0.2) is 48.5 Å². The first-order valence-electron chi connectivity index (χ1n) is 5.33. The fourth-order valence-electron chi connectivity index (χ4n) is 2.09. The van der Waals surface area contributed by atoms with Crippen molar-refractivity contribution in [2.75, 3.05) is 0 Å². The Balaban J connectivity index is 2.51. The first-order chi connectivity index (χ1) is 7.75. The number of halogens is 1. The Morgan fingerprint density at radius 2 is 1.50 bits per heavy atom. The second-order valence-electron chi connectivity index (χ2n) is 4.12. The third kappa shape index (κ3) is 1.38. The van der Waals surface area contributed by atoms with E-state index < -0.39 is 0 Å². The summed E-state index contributed by atoms with van der Waals surface area (Å²) in [7, 11) is 0. The summed E-state index contributed by atoms with van der Waals surface area (Å²) >= 11 is 6.33. The van der Waals surface area contributed by atoms with Crippen molar-refractivity contribution >= 4 is 33.1 Å². The van der Waals surface area contributed by atoms with E-state index in [-0.39, 0.29) is 0 Å². The van der Waals surface area contributed by atoms with Gasteiger partial charge in [0.25, 0.3) is 0 Å². The van der Waals surface area contributed by atoms with Gasteiger partial charge in [0.1, 0.15) is 0 Å². The Kier molecular flexibility index (Phi) is 2.12. The van der Waals surface area contributed by atoms with Crippen LogP contribution in [0.25, 0.3) is 21.5 Å². The van der Waals surface area contributed by atoms with Crippen LogP contribution in [0.1, 0.15) is 5.56 Å². The molecule has 0 heterocycles. The molecule has 0 aliphatic carbocycles. The maximum atomic E-state index is 6.33. The average molecular weight is 227 g/mol. The van der Waals surface area contributed by atoms with E-state index in [0.717, 1.165) is 16.0 Å². The van der Waals surface area contributed by atoms with Crippen molar-refractivity contribution in [3.8, 4) is 0 Å². The van der Waals surface area contributed by atoms with Crippen LogP contribution in [0, 0.1) is 6.92 Å². The zero-order valence-electron chi connectivity index (χ0n) is 9.00. The summed E-state index contributed by atoms with van der Waals surface area (Å²) in [6, 6.07) is 16.9. The van der Waals surface area contributed by atoms with E-state index in [9.17, 15) is 0 Å². The summed E-state index contributed by atoms with van der Waals surface area (Å²) in [5.74, 6) is 0. The standard InChI is InChI=1S/C15H11Cl/c1-10-6-7-13-8-11-4-2-3-5-12(11)9-14(13)15(10)16/h2-9H,1H3. The van der Waals surface area contributed by atoms with Gasteiger partial charge in [0.05, 0.1) is 5.02 Å². The summed E-state index contributed by atoms with van der Waals surface area (Å²) in [5.41, 5.74) is 1.13. The van der Waals surface area contributed by atoms with Crippen molar-refractivity contribution in [2.24, 2.45) is 0 Å². The summed E-state index contributed by atoms with van der Waals surface area (Å²) in [6.45, 7) is 2.04. The van der Waals surface area contributed by atoms with E-state index in [4.69, 9.17) is 11.6 Å². The van der Waals surface area contributed by atoms with Crippen LogP contribution in [0.4, 0.5) is 0 Å². The highest BCUT2D eigenvalue weighted by molar-refractivity contribution is 6.36. The van der Waals surface area contributed by atoms with Gasteiger partial charge in [-0.05, 0) is 40.8 Å². The molecule has 0 radical (unpaired) electrons. The van der Waals surface area contributed by atoms with Crippen molar-refractivity contribution in [1.29, 1.82) is 0 Å². The summed E-state index contributed by atoms with van der Waals surface area (Å²) < 4.78 is 0. The monoisotopic (exact) mass is 226 g/mol. The Morgan fingerprint density at radius 3 is 2.25 bits per heavy atom. The molecule has 0 N–H and O–H groups in total. The highest BCUT2D eigenvalue weighted by Crippen LogP contribution is 2.30. The molecule has 0 aliphatic rings. The molecule has 0 aromatic heterocycles. The molecule has 0 nitrogen and oxygen atoms in total. The molecule has 3 aromatic rings. The topological polar surface area (TPSA) is 0 Å². The molecular formula is C15H11Cl. The molecule has 0 atom stereocenters. The molecular weight excluding hydrogens is 216 g/mol.